The number of ketones is 1. The number of carbonyl (C=O) groups excluding carboxylic acids is 2. The van der Waals surface area contributed by atoms with E-state index in [-0.39, 0.29) is 35.6 Å². The fourth-order valence-electron chi connectivity index (χ4n) is 5.63. The zero-order chi connectivity index (χ0) is 32.1. The summed E-state index contributed by atoms with van der Waals surface area (Å²) in [5.74, 6) is 1.35. The summed E-state index contributed by atoms with van der Waals surface area (Å²) in [6.07, 6.45) is 3.54. The molecule has 1 aromatic heterocycles. The molecule has 1 unspecified atom stereocenters. The summed E-state index contributed by atoms with van der Waals surface area (Å²) in [5.41, 5.74) is 2.70. The van der Waals surface area contributed by atoms with Crippen molar-refractivity contribution in [2.45, 2.75) is 80.5 Å². The van der Waals surface area contributed by atoms with Gasteiger partial charge in [0.2, 0.25) is 11.9 Å². The highest BCUT2D eigenvalue weighted by molar-refractivity contribution is 8.00. The molecule has 1 saturated carbocycles. The zero-order valence-electron chi connectivity index (χ0n) is 26.6. The molecule has 5 rings (SSSR count). The first-order valence-corrected chi connectivity index (χ1v) is 16.8. The van der Waals surface area contributed by atoms with E-state index in [4.69, 9.17) is 21.6 Å². The molecule has 45 heavy (non-hydrogen) atoms. The first-order chi connectivity index (χ1) is 21.5. The van der Waals surface area contributed by atoms with Crippen molar-refractivity contribution in [1.82, 2.24) is 15.3 Å². The number of para-hydroxylation sites is 1. The fourth-order valence-corrected chi connectivity index (χ4v) is 6.79. The van der Waals surface area contributed by atoms with Crippen molar-refractivity contribution in [3.8, 4) is 0 Å². The van der Waals surface area contributed by atoms with E-state index < -0.39 is 5.25 Å². The lowest BCUT2D eigenvalue weighted by molar-refractivity contribution is -0.121. The quantitative estimate of drug-likeness (QED) is 0.134. The Hall–Kier alpha value is -3.62. The van der Waals surface area contributed by atoms with Crippen molar-refractivity contribution in [3.05, 3.63) is 88.9 Å². The number of rotatable bonds is 10. The molecule has 0 bridgehead atoms. The molecule has 1 aliphatic rings. The Bertz CT molecular complexity index is 1630. The van der Waals surface area contributed by atoms with E-state index in [1.165, 1.54) is 17.3 Å². The molecule has 3 aromatic carbocycles. The zero-order valence-corrected chi connectivity index (χ0v) is 28.2. The van der Waals surface area contributed by atoms with Gasteiger partial charge in [0.05, 0.1) is 10.8 Å². The molecule has 1 atom stereocenters. The van der Waals surface area contributed by atoms with Crippen molar-refractivity contribution in [2.75, 3.05) is 24.3 Å². The van der Waals surface area contributed by atoms with Crippen LogP contribution in [0.5, 0.6) is 0 Å². The van der Waals surface area contributed by atoms with E-state index in [1.54, 1.807) is 12.1 Å². The van der Waals surface area contributed by atoms with Gasteiger partial charge < -0.3 is 15.5 Å². The summed E-state index contributed by atoms with van der Waals surface area (Å²) in [5, 5.41) is 7.89. The first kappa shape index (κ1) is 32.8. The van der Waals surface area contributed by atoms with Gasteiger partial charge >= 0.3 is 0 Å². The number of nitrogens with zero attached hydrogens (tertiary/aromatic N) is 3. The molecule has 0 radical (unpaired) electrons. The van der Waals surface area contributed by atoms with Crippen LogP contribution in [-0.4, -0.2) is 53.1 Å². The third-order valence-corrected chi connectivity index (χ3v) is 9.70. The molecule has 7 nitrogen and oxygen atoms in total. The van der Waals surface area contributed by atoms with E-state index in [9.17, 15) is 9.59 Å². The normalized spacial score (nSPS) is 17.5. The number of amides is 1. The maximum Gasteiger partial charge on any atom is 0.234 e. The van der Waals surface area contributed by atoms with Gasteiger partial charge in [-0.05, 0) is 73.1 Å². The number of carbonyl (C=O) groups is 2. The van der Waals surface area contributed by atoms with Crippen LogP contribution in [0.15, 0.2) is 77.7 Å². The Labute approximate surface area is 275 Å². The number of hydrogen-bond acceptors (Lipinski definition) is 7. The van der Waals surface area contributed by atoms with Crippen molar-refractivity contribution >= 4 is 57.7 Å². The van der Waals surface area contributed by atoms with Crippen LogP contribution in [0.4, 0.5) is 11.8 Å². The minimum Gasteiger partial charge on any atom is -0.362 e. The van der Waals surface area contributed by atoms with Crippen LogP contribution in [-0.2, 0) is 10.2 Å². The number of anilines is 2. The number of thioether (sulfide) groups is 1. The van der Waals surface area contributed by atoms with Crippen LogP contribution in [0.25, 0.3) is 10.9 Å². The van der Waals surface area contributed by atoms with Crippen molar-refractivity contribution < 1.29 is 9.59 Å². The monoisotopic (exact) mass is 643 g/mol. The molecule has 0 spiro atoms. The number of halogens is 1. The van der Waals surface area contributed by atoms with Gasteiger partial charge in [-0.25, -0.2) is 4.98 Å². The molecule has 0 saturated heterocycles. The predicted molar refractivity (Wildman–Crippen MR) is 187 cm³/mol. The highest BCUT2D eigenvalue weighted by atomic mass is 35.5. The number of benzene rings is 3. The van der Waals surface area contributed by atoms with Gasteiger partial charge in [0, 0.05) is 53.5 Å². The summed E-state index contributed by atoms with van der Waals surface area (Å²) in [6.45, 7) is 6.44. The fraction of sp³-hybridized carbons (Fsp3) is 0.389. The summed E-state index contributed by atoms with van der Waals surface area (Å²) in [4.78, 5) is 39.5. The van der Waals surface area contributed by atoms with Gasteiger partial charge in [0.25, 0.3) is 0 Å². The van der Waals surface area contributed by atoms with Gasteiger partial charge in [-0.15, -0.1) is 11.8 Å². The second-order valence-electron chi connectivity index (χ2n) is 13.0. The summed E-state index contributed by atoms with van der Waals surface area (Å²) in [7, 11) is 3.97. The smallest absolute Gasteiger partial charge is 0.234 e. The predicted octanol–water partition coefficient (Wildman–Crippen LogP) is 7.92. The first-order valence-electron chi connectivity index (χ1n) is 15.5. The summed E-state index contributed by atoms with van der Waals surface area (Å²) in [6, 6.07) is 23.4. The molecule has 0 aliphatic heterocycles. The topological polar surface area (TPSA) is 87.2 Å². The summed E-state index contributed by atoms with van der Waals surface area (Å²) >= 11 is 7.51. The van der Waals surface area contributed by atoms with Crippen LogP contribution in [0, 0.1) is 0 Å². The molecular formula is C36H42ClN5O2S. The number of Topliss-reactive ketones (excluding diaryl/α,β-unsaturated/α-hetero) is 1. The Balaban J connectivity index is 1.22. The molecular weight excluding hydrogens is 602 g/mol. The average Bonchev–Trinajstić information content (AvgIpc) is 3.02. The molecule has 1 fully saturated rings. The molecule has 2 N–H and O–H groups in total. The highest BCUT2D eigenvalue weighted by Crippen LogP contribution is 2.31. The minimum absolute atomic E-state index is 0.000616. The number of nitrogens with one attached hydrogen (secondary N) is 2. The van der Waals surface area contributed by atoms with Gasteiger partial charge in [-0.3, -0.25) is 9.59 Å². The second kappa shape index (κ2) is 14.2. The summed E-state index contributed by atoms with van der Waals surface area (Å²) < 4.78 is 0. The van der Waals surface area contributed by atoms with Crippen LogP contribution in [0.3, 0.4) is 0 Å². The maximum absolute atomic E-state index is 13.7. The molecule has 4 aromatic rings. The lowest BCUT2D eigenvalue weighted by atomic mass is 9.86. The lowest BCUT2D eigenvalue weighted by Gasteiger charge is -2.31. The molecule has 236 valence electrons. The van der Waals surface area contributed by atoms with Gasteiger partial charge in [-0.2, -0.15) is 4.98 Å². The lowest BCUT2D eigenvalue weighted by Crippen LogP contribution is -2.44. The van der Waals surface area contributed by atoms with E-state index >= 15 is 0 Å². The Morgan fingerprint density at radius 2 is 1.56 bits per heavy atom. The van der Waals surface area contributed by atoms with E-state index in [0.29, 0.717) is 16.5 Å². The van der Waals surface area contributed by atoms with E-state index in [1.807, 2.05) is 79.7 Å². The second-order valence-corrected chi connectivity index (χ2v) is 14.7. The van der Waals surface area contributed by atoms with Gasteiger partial charge in [0.15, 0.2) is 5.78 Å². The van der Waals surface area contributed by atoms with E-state index in [2.05, 4.69) is 31.4 Å². The van der Waals surface area contributed by atoms with Crippen LogP contribution < -0.4 is 15.5 Å². The van der Waals surface area contributed by atoms with Gasteiger partial charge in [-0.1, -0.05) is 68.8 Å². The van der Waals surface area contributed by atoms with Crippen LogP contribution >= 0.6 is 23.4 Å². The SMILES string of the molecule is CN(C)c1nc(N[C@H]2CC[C@@H](NC(=O)C(CC(=O)c3ccc(C(C)(C)C)cc3)Sc3ccc(Cl)cc3)CC2)nc2ccccc12. The van der Waals surface area contributed by atoms with Crippen molar-refractivity contribution in [1.29, 1.82) is 0 Å². The van der Waals surface area contributed by atoms with Crippen molar-refractivity contribution in [3.63, 3.8) is 0 Å². The standard InChI is InChI=1S/C36H42ClN5O2S/c1-36(2,3)24-12-10-23(11-13-24)31(43)22-32(45-28-20-14-25(37)15-21-28)34(44)38-26-16-18-27(19-17-26)39-35-40-30-9-7-6-8-29(30)33(41-35)42(4)5/h6-15,20-21,26-27,32H,16-19,22H2,1-5H3,(H,38,44)(H,39,40,41)/t26-,27+,32?. The van der Waals surface area contributed by atoms with Crippen molar-refractivity contribution in [2.24, 2.45) is 0 Å². The Kier molecular flexibility index (Phi) is 10.3. The third kappa shape index (κ3) is 8.56. The molecule has 1 amide bonds. The average molecular weight is 644 g/mol. The maximum atomic E-state index is 13.7. The Morgan fingerprint density at radius 3 is 2.20 bits per heavy atom. The van der Waals surface area contributed by atoms with Crippen LogP contribution in [0.1, 0.15) is 68.8 Å². The molecule has 1 aliphatic carbocycles. The van der Waals surface area contributed by atoms with Gasteiger partial charge in [0.1, 0.15) is 5.82 Å². The Morgan fingerprint density at radius 1 is 0.911 bits per heavy atom. The number of hydrogen-bond donors (Lipinski definition) is 2. The number of fused-ring (bicyclic) bond motifs is 1. The largest absolute Gasteiger partial charge is 0.362 e. The number of aromatic nitrogens is 2. The third-order valence-electron chi connectivity index (χ3n) is 8.24. The highest BCUT2D eigenvalue weighted by Gasteiger charge is 2.29. The van der Waals surface area contributed by atoms with E-state index in [0.717, 1.165) is 47.3 Å². The van der Waals surface area contributed by atoms with Crippen LogP contribution in [0.2, 0.25) is 5.02 Å². The minimum atomic E-state index is -0.563. The molecule has 9 heteroatoms. The molecule has 1 heterocycles.